The van der Waals surface area contributed by atoms with Gasteiger partial charge >= 0.3 is 11.9 Å². The number of rotatable bonds is 7. The molecule has 0 aromatic carbocycles. The van der Waals surface area contributed by atoms with Crippen LogP contribution in [-0.4, -0.2) is 35.9 Å². The fraction of sp³-hybridized carbons (Fsp3) is 0.778. The van der Waals surface area contributed by atoms with Crippen molar-refractivity contribution in [2.75, 3.05) is 17.8 Å². The van der Waals surface area contributed by atoms with E-state index in [1.54, 1.807) is 0 Å². The summed E-state index contributed by atoms with van der Waals surface area (Å²) in [7, 11) is 0. The summed E-state index contributed by atoms with van der Waals surface area (Å²) in [6.45, 7) is 2.29. The Bertz CT molecular complexity index is 210. The zero-order chi connectivity index (χ0) is 11.7. The summed E-state index contributed by atoms with van der Waals surface area (Å²) >= 11 is 8.41. The van der Waals surface area contributed by atoms with Gasteiger partial charge in [-0.15, -0.1) is 11.6 Å². The highest BCUT2D eigenvalue weighted by Crippen LogP contribution is 2.05. The van der Waals surface area contributed by atoms with Gasteiger partial charge in [0.2, 0.25) is 0 Å². The van der Waals surface area contributed by atoms with E-state index >= 15 is 0 Å². The van der Waals surface area contributed by atoms with Crippen molar-refractivity contribution >= 4 is 39.5 Å². The number of hydrogen-bond donors (Lipinski definition) is 0. The van der Waals surface area contributed by atoms with E-state index in [2.05, 4.69) is 15.9 Å². The van der Waals surface area contributed by atoms with Gasteiger partial charge in [-0.25, -0.2) is 0 Å². The fourth-order valence-corrected chi connectivity index (χ4v) is 1.23. The molecule has 1 unspecified atom stereocenters. The van der Waals surface area contributed by atoms with Crippen molar-refractivity contribution < 1.29 is 19.1 Å². The van der Waals surface area contributed by atoms with Gasteiger partial charge in [-0.1, -0.05) is 22.9 Å². The third-order valence-electron chi connectivity index (χ3n) is 1.44. The quantitative estimate of drug-likeness (QED) is 0.532. The van der Waals surface area contributed by atoms with Crippen LogP contribution in [0.4, 0.5) is 0 Å². The van der Waals surface area contributed by atoms with E-state index in [4.69, 9.17) is 21.1 Å². The minimum absolute atomic E-state index is 0.0495. The maximum absolute atomic E-state index is 11.2. The van der Waals surface area contributed by atoms with Crippen molar-refractivity contribution in [3.05, 3.63) is 0 Å². The summed E-state index contributed by atoms with van der Waals surface area (Å²) < 4.78 is 9.74. The summed E-state index contributed by atoms with van der Waals surface area (Å²) in [5.74, 6) is -1.12. The first-order chi connectivity index (χ1) is 7.13. The Hall–Kier alpha value is -0.290. The second kappa shape index (κ2) is 8.97. The van der Waals surface area contributed by atoms with Gasteiger partial charge in [-0.3, -0.25) is 9.59 Å². The van der Waals surface area contributed by atoms with Gasteiger partial charge in [-0.2, -0.15) is 0 Å². The molecule has 88 valence electrons. The highest BCUT2D eigenvalue weighted by atomic mass is 79.9. The lowest BCUT2D eigenvalue weighted by molar-refractivity contribution is -0.152. The van der Waals surface area contributed by atoms with Gasteiger partial charge in [-0.05, 0) is 6.42 Å². The standard InChI is InChI=1S/C9H14BrClO4/c1-2-3-14-8(12)4-7(5-10)15-9(13)6-11/h7H,2-6H2,1H3. The molecule has 0 fully saturated rings. The van der Waals surface area contributed by atoms with Crippen molar-refractivity contribution in [1.29, 1.82) is 0 Å². The van der Waals surface area contributed by atoms with E-state index in [1.807, 2.05) is 6.92 Å². The molecular formula is C9H14BrClO4. The lowest BCUT2D eigenvalue weighted by atomic mass is 10.3. The van der Waals surface area contributed by atoms with Crippen molar-refractivity contribution in [2.24, 2.45) is 0 Å². The van der Waals surface area contributed by atoms with Crippen molar-refractivity contribution in [2.45, 2.75) is 25.9 Å². The van der Waals surface area contributed by atoms with Crippen LogP contribution < -0.4 is 0 Å². The number of halogens is 2. The molecule has 0 aliphatic rings. The lowest BCUT2D eigenvalue weighted by Crippen LogP contribution is -2.24. The van der Waals surface area contributed by atoms with E-state index in [0.29, 0.717) is 11.9 Å². The minimum Gasteiger partial charge on any atom is -0.466 e. The minimum atomic E-state index is -0.538. The van der Waals surface area contributed by atoms with E-state index in [0.717, 1.165) is 6.42 Å². The third kappa shape index (κ3) is 7.62. The first-order valence-corrected chi connectivity index (χ1v) is 6.26. The van der Waals surface area contributed by atoms with Crippen molar-refractivity contribution in [1.82, 2.24) is 0 Å². The molecule has 0 N–H and O–H groups in total. The number of carbonyl (C=O) groups excluding carboxylic acids is 2. The topological polar surface area (TPSA) is 52.6 Å². The molecule has 0 aliphatic heterocycles. The second-order valence-electron chi connectivity index (χ2n) is 2.82. The maximum Gasteiger partial charge on any atom is 0.321 e. The van der Waals surface area contributed by atoms with Gasteiger partial charge in [0.05, 0.1) is 13.0 Å². The highest BCUT2D eigenvalue weighted by molar-refractivity contribution is 9.09. The first kappa shape index (κ1) is 14.7. The van der Waals surface area contributed by atoms with E-state index < -0.39 is 12.1 Å². The van der Waals surface area contributed by atoms with Crippen LogP contribution in [0.2, 0.25) is 0 Å². The molecule has 0 saturated carbocycles. The molecule has 0 rings (SSSR count). The van der Waals surface area contributed by atoms with Crippen LogP contribution in [0.25, 0.3) is 0 Å². The van der Waals surface area contributed by atoms with Crippen LogP contribution >= 0.6 is 27.5 Å². The largest absolute Gasteiger partial charge is 0.466 e. The summed E-state index contributed by atoms with van der Waals surface area (Å²) in [6, 6.07) is 0. The van der Waals surface area contributed by atoms with Crippen LogP contribution in [0, 0.1) is 0 Å². The molecule has 0 spiro atoms. The Balaban J connectivity index is 3.87. The first-order valence-electron chi connectivity index (χ1n) is 4.61. The van der Waals surface area contributed by atoms with Crippen LogP contribution in [-0.2, 0) is 19.1 Å². The molecular weight excluding hydrogens is 287 g/mol. The molecule has 0 aliphatic carbocycles. The van der Waals surface area contributed by atoms with Crippen molar-refractivity contribution in [3.8, 4) is 0 Å². The molecule has 6 heteroatoms. The number of ether oxygens (including phenoxy) is 2. The van der Waals surface area contributed by atoms with Crippen LogP contribution in [0.3, 0.4) is 0 Å². The number of esters is 2. The highest BCUT2D eigenvalue weighted by Gasteiger charge is 2.17. The fourth-order valence-electron chi connectivity index (χ4n) is 0.806. The predicted molar refractivity (Wildman–Crippen MR) is 60.3 cm³/mol. The van der Waals surface area contributed by atoms with Gasteiger partial charge in [0.25, 0.3) is 0 Å². The molecule has 0 amide bonds. The molecule has 0 radical (unpaired) electrons. The molecule has 0 heterocycles. The van der Waals surface area contributed by atoms with E-state index in [9.17, 15) is 9.59 Å². The average molecular weight is 302 g/mol. The molecule has 0 saturated heterocycles. The molecule has 0 aromatic rings. The normalized spacial score (nSPS) is 11.9. The summed E-state index contributed by atoms with van der Waals surface area (Å²) in [5.41, 5.74) is 0. The van der Waals surface area contributed by atoms with Crippen LogP contribution in [0.5, 0.6) is 0 Å². The van der Waals surface area contributed by atoms with E-state index in [1.165, 1.54) is 0 Å². The van der Waals surface area contributed by atoms with Gasteiger partial charge in [0.15, 0.2) is 0 Å². The summed E-state index contributed by atoms with van der Waals surface area (Å²) in [4.78, 5) is 22.0. The zero-order valence-electron chi connectivity index (χ0n) is 8.50. The molecule has 4 nitrogen and oxygen atoms in total. The lowest BCUT2D eigenvalue weighted by Gasteiger charge is -2.13. The van der Waals surface area contributed by atoms with Crippen LogP contribution in [0.1, 0.15) is 19.8 Å². The smallest absolute Gasteiger partial charge is 0.321 e. The van der Waals surface area contributed by atoms with Gasteiger partial charge in [0.1, 0.15) is 12.0 Å². The SMILES string of the molecule is CCCOC(=O)CC(CBr)OC(=O)CCl. The Kier molecular flexibility index (Phi) is 8.80. The molecule has 0 aromatic heterocycles. The number of hydrogen-bond acceptors (Lipinski definition) is 4. The summed E-state index contributed by atoms with van der Waals surface area (Å²) in [6.07, 6.45) is 0.306. The zero-order valence-corrected chi connectivity index (χ0v) is 10.8. The molecule has 15 heavy (non-hydrogen) atoms. The predicted octanol–water partition coefficient (Wildman–Crippen LogP) is 1.88. The van der Waals surface area contributed by atoms with Crippen molar-refractivity contribution in [3.63, 3.8) is 0 Å². The number of alkyl halides is 2. The maximum atomic E-state index is 11.2. The Morgan fingerprint density at radius 3 is 2.53 bits per heavy atom. The Labute approximate surface area is 102 Å². The molecule has 1 atom stereocenters. The monoisotopic (exact) mass is 300 g/mol. The molecule has 0 bridgehead atoms. The van der Waals surface area contributed by atoms with E-state index in [-0.39, 0.29) is 18.3 Å². The van der Waals surface area contributed by atoms with Gasteiger partial charge < -0.3 is 9.47 Å². The van der Waals surface area contributed by atoms with Gasteiger partial charge in [0, 0.05) is 5.33 Å². The Morgan fingerprint density at radius 1 is 1.40 bits per heavy atom. The average Bonchev–Trinajstić information content (AvgIpc) is 2.25. The third-order valence-corrected chi connectivity index (χ3v) is 2.38. The Morgan fingerprint density at radius 2 is 2.07 bits per heavy atom. The van der Waals surface area contributed by atoms with Crippen LogP contribution in [0.15, 0.2) is 0 Å². The second-order valence-corrected chi connectivity index (χ2v) is 3.74. The number of carbonyl (C=O) groups is 2. The summed E-state index contributed by atoms with van der Waals surface area (Å²) in [5, 5.41) is 0.386.